The largest absolute Gasteiger partial charge is 0.496 e. The predicted octanol–water partition coefficient (Wildman–Crippen LogP) is 4.56. The molecule has 1 aromatic heterocycles. The minimum atomic E-state index is -3.34. The molecule has 124 valence electrons. The van der Waals surface area contributed by atoms with Gasteiger partial charge in [0.15, 0.2) is 14.9 Å². The zero-order valence-electron chi connectivity index (χ0n) is 13.0. The zero-order chi connectivity index (χ0) is 17.3. The van der Waals surface area contributed by atoms with Crippen molar-refractivity contribution in [2.45, 2.75) is 14.8 Å². The molecular formula is C17H14BrNO3S2. The number of aromatic nitrogens is 1. The van der Waals surface area contributed by atoms with Crippen LogP contribution in [0.3, 0.4) is 0 Å². The van der Waals surface area contributed by atoms with Crippen molar-refractivity contribution in [3.63, 3.8) is 0 Å². The van der Waals surface area contributed by atoms with Crippen LogP contribution in [0.1, 0.15) is 0 Å². The van der Waals surface area contributed by atoms with Gasteiger partial charge >= 0.3 is 0 Å². The Bertz CT molecular complexity index is 1000. The van der Waals surface area contributed by atoms with Crippen molar-refractivity contribution in [1.82, 2.24) is 4.98 Å². The second-order valence-corrected chi connectivity index (χ2v) is 9.10. The first-order valence-corrected chi connectivity index (χ1v) is 10.5. The summed E-state index contributed by atoms with van der Waals surface area (Å²) in [5.41, 5.74) is 0.623. The Balaban J connectivity index is 2.15. The lowest BCUT2D eigenvalue weighted by molar-refractivity contribution is 0.406. The third kappa shape index (κ3) is 3.58. The van der Waals surface area contributed by atoms with E-state index in [0.717, 1.165) is 31.7 Å². The molecule has 3 rings (SSSR count). The van der Waals surface area contributed by atoms with Gasteiger partial charge in [0.25, 0.3) is 0 Å². The topological polar surface area (TPSA) is 56.3 Å². The Kier molecular flexibility index (Phi) is 4.85. The summed E-state index contributed by atoms with van der Waals surface area (Å²) in [4.78, 5) is 6.23. The number of methoxy groups -OCH3 is 1. The van der Waals surface area contributed by atoms with Crippen LogP contribution >= 0.6 is 27.7 Å². The molecule has 0 aliphatic carbocycles. The molecule has 0 aliphatic rings. The highest BCUT2D eigenvalue weighted by Gasteiger charge is 2.14. The van der Waals surface area contributed by atoms with E-state index >= 15 is 0 Å². The van der Waals surface area contributed by atoms with E-state index in [2.05, 4.69) is 20.9 Å². The van der Waals surface area contributed by atoms with Gasteiger partial charge in [-0.1, -0.05) is 27.7 Å². The van der Waals surface area contributed by atoms with Crippen molar-refractivity contribution < 1.29 is 13.2 Å². The quantitative estimate of drug-likeness (QED) is 0.615. The second kappa shape index (κ2) is 6.74. The van der Waals surface area contributed by atoms with Gasteiger partial charge in [0.1, 0.15) is 5.75 Å². The number of nitrogens with zero attached hydrogens (tertiary/aromatic N) is 1. The highest BCUT2D eigenvalue weighted by Crippen LogP contribution is 2.40. The van der Waals surface area contributed by atoms with E-state index in [1.165, 1.54) is 6.07 Å². The number of benzene rings is 2. The Morgan fingerprint density at radius 1 is 1.04 bits per heavy atom. The summed E-state index contributed by atoms with van der Waals surface area (Å²) in [7, 11) is -1.72. The van der Waals surface area contributed by atoms with E-state index < -0.39 is 9.84 Å². The predicted molar refractivity (Wildman–Crippen MR) is 99.7 cm³/mol. The number of ether oxygens (including phenoxy) is 1. The molecule has 0 fully saturated rings. The first-order chi connectivity index (χ1) is 11.4. The smallest absolute Gasteiger partial charge is 0.192 e. The number of hydrogen-bond donors (Lipinski definition) is 0. The molecule has 0 amide bonds. The Hall–Kier alpha value is -1.57. The molecule has 1 heterocycles. The Morgan fingerprint density at radius 2 is 1.75 bits per heavy atom. The van der Waals surface area contributed by atoms with Gasteiger partial charge in [-0.25, -0.2) is 13.4 Å². The van der Waals surface area contributed by atoms with E-state index in [1.54, 1.807) is 31.0 Å². The molecule has 0 radical (unpaired) electrons. The number of hydrogen-bond acceptors (Lipinski definition) is 5. The molecule has 0 unspecified atom stereocenters. The summed E-state index contributed by atoms with van der Waals surface area (Å²) >= 11 is 4.98. The molecule has 0 saturated heterocycles. The average molecular weight is 424 g/mol. The van der Waals surface area contributed by atoms with Gasteiger partial charge in [-0.3, -0.25) is 0 Å². The van der Waals surface area contributed by atoms with Gasteiger partial charge in [0.2, 0.25) is 0 Å². The number of sulfone groups is 1. The van der Waals surface area contributed by atoms with Gasteiger partial charge in [0.05, 0.1) is 17.5 Å². The molecule has 7 heteroatoms. The number of pyridine rings is 1. The molecule has 0 saturated carbocycles. The van der Waals surface area contributed by atoms with Gasteiger partial charge < -0.3 is 4.74 Å². The summed E-state index contributed by atoms with van der Waals surface area (Å²) in [6, 6.07) is 14.8. The van der Waals surface area contributed by atoms with Crippen LogP contribution in [-0.2, 0) is 9.84 Å². The van der Waals surface area contributed by atoms with E-state index in [0.29, 0.717) is 5.52 Å². The van der Waals surface area contributed by atoms with E-state index in [4.69, 9.17) is 4.74 Å². The number of fused-ring (bicyclic) bond motifs is 1. The van der Waals surface area contributed by atoms with Gasteiger partial charge in [-0.05, 0) is 48.5 Å². The Labute approximate surface area is 153 Å². The van der Waals surface area contributed by atoms with Gasteiger partial charge in [-0.2, -0.15) is 0 Å². The van der Waals surface area contributed by atoms with Crippen molar-refractivity contribution in [3.8, 4) is 5.75 Å². The lowest BCUT2D eigenvalue weighted by Gasteiger charge is -2.12. The first kappa shape index (κ1) is 17.3. The summed E-state index contributed by atoms with van der Waals surface area (Å²) in [5, 5.41) is 0.925. The Morgan fingerprint density at radius 3 is 2.38 bits per heavy atom. The maximum absolute atomic E-state index is 11.7. The van der Waals surface area contributed by atoms with Gasteiger partial charge in [0, 0.05) is 21.0 Å². The maximum Gasteiger partial charge on any atom is 0.192 e. The monoisotopic (exact) mass is 423 g/mol. The van der Waals surface area contributed by atoms with Gasteiger partial charge in [-0.15, -0.1) is 0 Å². The normalized spacial score (nSPS) is 11.6. The van der Waals surface area contributed by atoms with Crippen LogP contribution in [0.2, 0.25) is 0 Å². The highest BCUT2D eigenvalue weighted by atomic mass is 79.9. The third-order valence-electron chi connectivity index (χ3n) is 3.39. The maximum atomic E-state index is 11.7. The molecule has 0 spiro atoms. The minimum absolute atomic E-state index is 0.0692. The molecular weight excluding hydrogens is 410 g/mol. The lowest BCUT2D eigenvalue weighted by atomic mass is 10.2. The molecule has 4 nitrogen and oxygen atoms in total. The van der Waals surface area contributed by atoms with Crippen molar-refractivity contribution in [3.05, 3.63) is 53.0 Å². The van der Waals surface area contributed by atoms with Crippen LogP contribution in [0.15, 0.2) is 67.8 Å². The fourth-order valence-electron chi connectivity index (χ4n) is 2.23. The zero-order valence-corrected chi connectivity index (χ0v) is 16.2. The van der Waals surface area contributed by atoms with Crippen LogP contribution in [0, 0.1) is 0 Å². The lowest BCUT2D eigenvalue weighted by Crippen LogP contribution is -2.00. The molecule has 0 aliphatic heterocycles. The summed E-state index contributed by atoms with van der Waals surface area (Å²) < 4.78 is 29.9. The third-order valence-corrected chi connectivity index (χ3v) is 6.04. The standard InChI is InChI=1S/C17H14BrNO3S2/c1-22-15-9-8-14-13(7-10-16(19-14)24(2,20)21)17(15)23-12-5-3-11(18)4-6-12/h3-10H,1-2H3. The molecule has 3 aromatic rings. The van der Waals surface area contributed by atoms with Crippen molar-refractivity contribution in [2.75, 3.05) is 13.4 Å². The number of rotatable bonds is 4. The number of halogens is 1. The van der Waals surface area contributed by atoms with Crippen molar-refractivity contribution in [2.24, 2.45) is 0 Å². The van der Waals surface area contributed by atoms with Crippen LogP contribution in [-0.4, -0.2) is 26.8 Å². The van der Waals surface area contributed by atoms with E-state index in [1.807, 2.05) is 30.3 Å². The fourth-order valence-corrected chi connectivity index (χ4v) is 4.12. The first-order valence-electron chi connectivity index (χ1n) is 7.00. The molecule has 0 N–H and O–H groups in total. The SMILES string of the molecule is COc1ccc2nc(S(C)(=O)=O)ccc2c1Sc1ccc(Br)cc1. The van der Waals surface area contributed by atoms with Crippen molar-refractivity contribution in [1.29, 1.82) is 0 Å². The summed E-state index contributed by atoms with van der Waals surface area (Å²) in [6.07, 6.45) is 1.15. The highest BCUT2D eigenvalue weighted by molar-refractivity contribution is 9.10. The molecule has 2 aromatic carbocycles. The molecule has 0 bridgehead atoms. The van der Waals surface area contributed by atoms with Crippen LogP contribution < -0.4 is 4.74 Å². The van der Waals surface area contributed by atoms with Crippen LogP contribution in [0.4, 0.5) is 0 Å². The molecule has 0 atom stereocenters. The minimum Gasteiger partial charge on any atom is -0.496 e. The summed E-state index contributed by atoms with van der Waals surface area (Å²) in [5.74, 6) is 0.726. The second-order valence-electron chi connectivity index (χ2n) is 5.14. The summed E-state index contributed by atoms with van der Waals surface area (Å²) in [6.45, 7) is 0. The van der Waals surface area contributed by atoms with E-state index in [9.17, 15) is 8.42 Å². The van der Waals surface area contributed by atoms with Crippen LogP contribution in [0.25, 0.3) is 10.9 Å². The van der Waals surface area contributed by atoms with Crippen LogP contribution in [0.5, 0.6) is 5.75 Å². The molecule has 24 heavy (non-hydrogen) atoms. The average Bonchev–Trinajstić information content (AvgIpc) is 2.56. The van der Waals surface area contributed by atoms with E-state index in [-0.39, 0.29) is 5.03 Å². The van der Waals surface area contributed by atoms with Crippen molar-refractivity contribution >= 4 is 48.4 Å². The fraction of sp³-hybridized carbons (Fsp3) is 0.118.